The van der Waals surface area contributed by atoms with Crippen LogP contribution in [0.25, 0.3) is 0 Å². The molecule has 0 bridgehead atoms. The highest BCUT2D eigenvalue weighted by Crippen LogP contribution is 2.36. The Hall–Kier alpha value is -0.120. The van der Waals surface area contributed by atoms with Crippen molar-refractivity contribution in [3.05, 3.63) is 0 Å². The Morgan fingerprint density at radius 3 is 2.35 bits per heavy atom. The molecule has 0 amide bonds. The van der Waals surface area contributed by atoms with Crippen LogP contribution in [-0.4, -0.2) is 30.7 Å². The summed E-state index contributed by atoms with van der Waals surface area (Å²) < 4.78 is 11.8. The van der Waals surface area contributed by atoms with E-state index >= 15 is 0 Å². The number of ether oxygens (including phenoxy) is 2. The SMILES string of the molecule is CCC1OC(OCC(C)CO)C(C)C(C)C1C. The van der Waals surface area contributed by atoms with Gasteiger partial charge in [-0.3, -0.25) is 0 Å². The third-order valence-electron chi connectivity index (χ3n) is 4.24. The standard InChI is InChI=1S/C14H28O3/c1-6-13-11(4)10(3)12(5)14(17-13)16-8-9(2)7-15/h9-15H,6-8H2,1-5H3. The Morgan fingerprint density at radius 1 is 1.18 bits per heavy atom. The van der Waals surface area contributed by atoms with Crippen LogP contribution in [0.5, 0.6) is 0 Å². The second-order valence-corrected chi connectivity index (χ2v) is 5.65. The van der Waals surface area contributed by atoms with Gasteiger partial charge in [-0.15, -0.1) is 0 Å². The van der Waals surface area contributed by atoms with E-state index in [2.05, 4.69) is 27.7 Å². The highest BCUT2D eigenvalue weighted by atomic mass is 16.7. The van der Waals surface area contributed by atoms with E-state index < -0.39 is 0 Å². The molecule has 0 aromatic carbocycles. The maximum absolute atomic E-state index is 9.00. The van der Waals surface area contributed by atoms with Crippen molar-refractivity contribution in [3.63, 3.8) is 0 Å². The van der Waals surface area contributed by atoms with Crippen LogP contribution in [0.3, 0.4) is 0 Å². The van der Waals surface area contributed by atoms with Gasteiger partial charge in [0.15, 0.2) is 6.29 Å². The smallest absolute Gasteiger partial charge is 0.160 e. The zero-order valence-corrected chi connectivity index (χ0v) is 11.8. The highest BCUT2D eigenvalue weighted by Gasteiger charge is 2.38. The first-order chi connectivity index (χ1) is 8.01. The van der Waals surface area contributed by atoms with Crippen molar-refractivity contribution in [1.82, 2.24) is 0 Å². The van der Waals surface area contributed by atoms with Gasteiger partial charge in [-0.2, -0.15) is 0 Å². The van der Waals surface area contributed by atoms with Crippen LogP contribution >= 0.6 is 0 Å². The lowest BCUT2D eigenvalue weighted by Crippen LogP contribution is -2.46. The molecule has 0 aromatic heterocycles. The molecule has 1 aliphatic rings. The molecule has 3 heteroatoms. The summed E-state index contributed by atoms with van der Waals surface area (Å²) in [7, 11) is 0. The van der Waals surface area contributed by atoms with Gasteiger partial charge < -0.3 is 14.6 Å². The maximum atomic E-state index is 9.00. The lowest BCUT2D eigenvalue weighted by Gasteiger charge is -2.43. The van der Waals surface area contributed by atoms with E-state index in [1.54, 1.807) is 0 Å². The fraction of sp³-hybridized carbons (Fsp3) is 1.00. The van der Waals surface area contributed by atoms with Gasteiger partial charge >= 0.3 is 0 Å². The number of rotatable bonds is 5. The Balaban J connectivity index is 2.53. The predicted octanol–water partition coefficient (Wildman–Crippen LogP) is 2.67. The van der Waals surface area contributed by atoms with Crippen molar-refractivity contribution < 1.29 is 14.6 Å². The predicted molar refractivity (Wildman–Crippen MR) is 68.6 cm³/mol. The molecule has 0 spiro atoms. The van der Waals surface area contributed by atoms with Gasteiger partial charge in [0, 0.05) is 18.4 Å². The minimum Gasteiger partial charge on any atom is -0.396 e. The van der Waals surface area contributed by atoms with Crippen LogP contribution in [-0.2, 0) is 9.47 Å². The largest absolute Gasteiger partial charge is 0.396 e. The summed E-state index contributed by atoms with van der Waals surface area (Å²) in [6.07, 6.45) is 1.23. The molecule has 1 aliphatic heterocycles. The summed E-state index contributed by atoms with van der Waals surface area (Å²) in [5, 5.41) is 9.00. The first-order valence-corrected chi connectivity index (χ1v) is 6.89. The lowest BCUT2D eigenvalue weighted by molar-refractivity contribution is -0.252. The van der Waals surface area contributed by atoms with E-state index in [-0.39, 0.29) is 18.8 Å². The monoisotopic (exact) mass is 244 g/mol. The number of aliphatic hydroxyl groups is 1. The molecule has 3 nitrogen and oxygen atoms in total. The van der Waals surface area contributed by atoms with Crippen LogP contribution in [0.15, 0.2) is 0 Å². The number of hydrogen-bond donors (Lipinski definition) is 1. The fourth-order valence-electron chi connectivity index (χ4n) is 2.46. The van der Waals surface area contributed by atoms with Crippen molar-refractivity contribution in [2.75, 3.05) is 13.2 Å². The molecule has 6 unspecified atom stereocenters. The second-order valence-electron chi connectivity index (χ2n) is 5.65. The third kappa shape index (κ3) is 3.67. The van der Waals surface area contributed by atoms with Crippen molar-refractivity contribution in [2.24, 2.45) is 23.7 Å². The molecule has 0 radical (unpaired) electrons. The highest BCUT2D eigenvalue weighted by molar-refractivity contribution is 4.82. The van der Waals surface area contributed by atoms with E-state index in [4.69, 9.17) is 14.6 Å². The summed E-state index contributed by atoms with van der Waals surface area (Å²) in [5.41, 5.74) is 0. The maximum Gasteiger partial charge on any atom is 0.160 e. The van der Waals surface area contributed by atoms with Crippen molar-refractivity contribution in [2.45, 2.75) is 53.4 Å². The normalized spacial score (nSPS) is 40.2. The molecule has 1 rings (SSSR count). The average Bonchev–Trinajstić information content (AvgIpc) is 2.34. The number of hydrogen-bond acceptors (Lipinski definition) is 3. The van der Waals surface area contributed by atoms with Crippen LogP contribution in [0.1, 0.15) is 41.0 Å². The summed E-state index contributed by atoms with van der Waals surface area (Å²) in [6, 6.07) is 0. The summed E-state index contributed by atoms with van der Waals surface area (Å²) >= 11 is 0. The van der Waals surface area contributed by atoms with E-state index in [0.717, 1.165) is 6.42 Å². The van der Waals surface area contributed by atoms with Crippen LogP contribution < -0.4 is 0 Å². The molecular formula is C14H28O3. The van der Waals surface area contributed by atoms with Crippen LogP contribution in [0, 0.1) is 23.7 Å². The average molecular weight is 244 g/mol. The van der Waals surface area contributed by atoms with Gasteiger partial charge in [-0.05, 0) is 18.3 Å². The molecule has 0 aromatic rings. The zero-order chi connectivity index (χ0) is 13.0. The first kappa shape index (κ1) is 14.9. The molecule has 1 N–H and O–H groups in total. The topological polar surface area (TPSA) is 38.7 Å². The fourth-order valence-corrected chi connectivity index (χ4v) is 2.46. The van der Waals surface area contributed by atoms with Crippen LogP contribution in [0.4, 0.5) is 0 Å². The molecule has 0 aliphatic carbocycles. The molecule has 1 fully saturated rings. The Bertz CT molecular complexity index is 218. The Labute approximate surface area is 105 Å². The van der Waals surface area contributed by atoms with Crippen molar-refractivity contribution >= 4 is 0 Å². The van der Waals surface area contributed by atoms with Gasteiger partial charge in [0.1, 0.15) is 0 Å². The molecule has 1 heterocycles. The quantitative estimate of drug-likeness (QED) is 0.808. The minimum atomic E-state index is -0.111. The van der Waals surface area contributed by atoms with Crippen molar-refractivity contribution in [3.8, 4) is 0 Å². The zero-order valence-electron chi connectivity index (χ0n) is 11.8. The van der Waals surface area contributed by atoms with E-state index in [1.807, 2.05) is 6.92 Å². The molecule has 1 saturated heterocycles. The van der Waals surface area contributed by atoms with Gasteiger partial charge in [0.05, 0.1) is 12.7 Å². The van der Waals surface area contributed by atoms with Gasteiger partial charge in [0.25, 0.3) is 0 Å². The lowest BCUT2D eigenvalue weighted by atomic mass is 9.78. The molecule has 17 heavy (non-hydrogen) atoms. The van der Waals surface area contributed by atoms with Gasteiger partial charge in [0.2, 0.25) is 0 Å². The molecule has 6 atom stereocenters. The van der Waals surface area contributed by atoms with Gasteiger partial charge in [-0.25, -0.2) is 0 Å². The van der Waals surface area contributed by atoms with E-state index in [0.29, 0.717) is 30.5 Å². The summed E-state index contributed by atoms with van der Waals surface area (Å²) in [6.45, 7) is 11.6. The number of aliphatic hydroxyl groups excluding tert-OH is 1. The summed E-state index contributed by atoms with van der Waals surface area (Å²) in [4.78, 5) is 0. The first-order valence-electron chi connectivity index (χ1n) is 6.89. The third-order valence-corrected chi connectivity index (χ3v) is 4.24. The Morgan fingerprint density at radius 2 is 1.82 bits per heavy atom. The minimum absolute atomic E-state index is 0.111. The second kappa shape index (κ2) is 6.72. The molecule has 0 saturated carbocycles. The van der Waals surface area contributed by atoms with E-state index in [1.165, 1.54) is 0 Å². The molecule has 102 valence electrons. The van der Waals surface area contributed by atoms with Crippen LogP contribution in [0.2, 0.25) is 0 Å². The van der Waals surface area contributed by atoms with Crippen molar-refractivity contribution in [1.29, 1.82) is 0 Å². The van der Waals surface area contributed by atoms with Gasteiger partial charge in [-0.1, -0.05) is 34.6 Å². The molecular weight excluding hydrogens is 216 g/mol. The van der Waals surface area contributed by atoms with E-state index in [9.17, 15) is 0 Å². The Kier molecular flexibility index (Phi) is 5.90. The summed E-state index contributed by atoms with van der Waals surface area (Å²) in [5.74, 6) is 1.80.